The van der Waals surface area contributed by atoms with Crippen LogP contribution in [0, 0.1) is 17.3 Å². The summed E-state index contributed by atoms with van der Waals surface area (Å²) in [6.07, 6.45) is 7.14. The number of aryl methyl sites for hydroxylation is 1. The highest BCUT2D eigenvalue weighted by Gasteiger charge is 2.58. The summed E-state index contributed by atoms with van der Waals surface area (Å²) in [5, 5.41) is 0. The van der Waals surface area contributed by atoms with Crippen LogP contribution in [0.5, 0.6) is 11.5 Å². The van der Waals surface area contributed by atoms with Gasteiger partial charge in [-0.15, -0.1) is 0 Å². The normalized spacial score (nSPS) is 30.1. The second-order valence-electron chi connectivity index (χ2n) is 10.6. The van der Waals surface area contributed by atoms with Gasteiger partial charge in [0.25, 0.3) is 0 Å². The van der Waals surface area contributed by atoms with Crippen LogP contribution in [0.15, 0.2) is 48.0 Å². The summed E-state index contributed by atoms with van der Waals surface area (Å²) in [6, 6.07) is 14.2. The molecule has 184 valence electrons. The van der Waals surface area contributed by atoms with Gasteiger partial charge in [-0.25, -0.2) is 0 Å². The molecule has 0 unspecified atom stereocenters. The lowest BCUT2D eigenvalue weighted by molar-refractivity contribution is -0.152. The Morgan fingerprint density at radius 2 is 1.74 bits per heavy atom. The molecule has 0 radical (unpaired) electrons. The molecule has 0 saturated heterocycles. The van der Waals surface area contributed by atoms with E-state index in [2.05, 4.69) is 31.2 Å². The maximum atomic E-state index is 12.2. The first-order chi connectivity index (χ1) is 16.8. The zero-order valence-electron chi connectivity index (χ0n) is 21.0. The third-order valence-electron chi connectivity index (χ3n) is 8.54. The molecule has 2 aromatic carbocycles. The third-order valence-corrected chi connectivity index (χ3v) is 8.54. The van der Waals surface area contributed by atoms with E-state index < -0.39 is 0 Å². The van der Waals surface area contributed by atoms with E-state index in [4.69, 9.17) is 14.2 Å². The molecule has 0 aliphatic heterocycles. The molecule has 5 rings (SSSR count). The topological polar surface area (TPSA) is 61.8 Å². The van der Waals surface area contributed by atoms with Crippen molar-refractivity contribution in [3.63, 3.8) is 0 Å². The molecule has 5 atom stereocenters. The highest BCUT2D eigenvalue weighted by atomic mass is 16.5. The lowest BCUT2D eigenvalue weighted by Gasteiger charge is -2.50. The summed E-state index contributed by atoms with van der Waals surface area (Å²) in [7, 11) is 1.67. The van der Waals surface area contributed by atoms with Crippen LogP contribution in [0.1, 0.15) is 69.1 Å². The van der Waals surface area contributed by atoms with E-state index in [1.54, 1.807) is 7.11 Å². The van der Waals surface area contributed by atoms with Gasteiger partial charge in [0.1, 0.15) is 17.6 Å². The number of methoxy groups -OCH3 is 1. The van der Waals surface area contributed by atoms with E-state index in [1.807, 2.05) is 24.3 Å². The summed E-state index contributed by atoms with van der Waals surface area (Å²) in [4.78, 5) is 23.6. The fraction of sp³-hybridized carbons (Fsp3) is 0.467. The standard InChI is InChI=1S/C30H34O5/c1-18(31)34-24-10-12-25-21(16-24)7-11-27-26(25)13-14-30(3)28(27)17-22(29(30)35-19(2)32)15-20-5-8-23(33-4)9-6-20/h5-6,8-10,12,15-16,26-29H,7,11,13-14,17H2,1-4H3/b22-15+/t26-,27-,28+,29-,30+/m0/s1. The van der Waals surface area contributed by atoms with E-state index in [-0.39, 0.29) is 23.5 Å². The monoisotopic (exact) mass is 474 g/mol. The fourth-order valence-corrected chi connectivity index (χ4v) is 7.06. The maximum absolute atomic E-state index is 12.2. The van der Waals surface area contributed by atoms with Crippen LogP contribution >= 0.6 is 0 Å². The summed E-state index contributed by atoms with van der Waals surface area (Å²) in [5.74, 6) is 2.45. The van der Waals surface area contributed by atoms with Gasteiger partial charge in [0.2, 0.25) is 0 Å². The number of rotatable bonds is 4. The van der Waals surface area contributed by atoms with E-state index in [1.165, 1.54) is 30.5 Å². The molecule has 0 amide bonds. The Balaban J connectivity index is 1.46. The first kappa shape index (κ1) is 23.7. The van der Waals surface area contributed by atoms with Gasteiger partial charge in [0.15, 0.2) is 0 Å². The molecule has 0 bridgehead atoms. The van der Waals surface area contributed by atoms with Crippen LogP contribution < -0.4 is 9.47 Å². The number of fused-ring (bicyclic) bond motifs is 5. The highest BCUT2D eigenvalue weighted by Crippen LogP contribution is 2.63. The lowest BCUT2D eigenvalue weighted by Crippen LogP contribution is -2.45. The van der Waals surface area contributed by atoms with E-state index in [9.17, 15) is 9.59 Å². The SMILES string of the molecule is COc1ccc(/C=C2\C[C@@H]3[C@H]4CCc5cc(OC(C)=O)ccc5[C@@H]4CC[C@@]3(C)[C@H]2OC(C)=O)cc1. The van der Waals surface area contributed by atoms with Crippen molar-refractivity contribution in [3.8, 4) is 11.5 Å². The van der Waals surface area contributed by atoms with Crippen molar-refractivity contribution in [2.45, 2.75) is 64.9 Å². The third kappa shape index (κ3) is 4.37. The van der Waals surface area contributed by atoms with E-state index in [0.717, 1.165) is 43.4 Å². The highest BCUT2D eigenvalue weighted by molar-refractivity contribution is 5.69. The molecule has 5 heteroatoms. The van der Waals surface area contributed by atoms with Crippen LogP contribution in [0.25, 0.3) is 6.08 Å². The van der Waals surface area contributed by atoms with Crippen molar-refractivity contribution < 1.29 is 23.8 Å². The Hall–Kier alpha value is -3.08. The second kappa shape index (κ2) is 9.18. The van der Waals surface area contributed by atoms with Crippen molar-refractivity contribution in [3.05, 3.63) is 64.7 Å². The molecular formula is C30H34O5. The Morgan fingerprint density at radius 3 is 2.43 bits per heavy atom. The minimum Gasteiger partial charge on any atom is -0.497 e. The smallest absolute Gasteiger partial charge is 0.308 e. The largest absolute Gasteiger partial charge is 0.497 e. The van der Waals surface area contributed by atoms with Gasteiger partial charge in [-0.05, 0) is 96.4 Å². The average Bonchev–Trinajstić information content (AvgIpc) is 3.10. The number of hydrogen-bond acceptors (Lipinski definition) is 5. The first-order valence-corrected chi connectivity index (χ1v) is 12.6. The molecular weight excluding hydrogens is 440 g/mol. The first-order valence-electron chi connectivity index (χ1n) is 12.6. The minimum atomic E-state index is -0.286. The summed E-state index contributed by atoms with van der Waals surface area (Å²) in [5.41, 5.74) is 4.95. The van der Waals surface area contributed by atoms with Gasteiger partial charge in [-0.2, -0.15) is 0 Å². The van der Waals surface area contributed by atoms with Crippen molar-refractivity contribution in [2.75, 3.05) is 7.11 Å². The van der Waals surface area contributed by atoms with Crippen molar-refractivity contribution >= 4 is 18.0 Å². The van der Waals surface area contributed by atoms with Crippen molar-refractivity contribution in [1.29, 1.82) is 0 Å². The zero-order chi connectivity index (χ0) is 24.7. The molecule has 3 aliphatic rings. The summed E-state index contributed by atoms with van der Waals surface area (Å²) < 4.78 is 16.7. The molecule has 0 heterocycles. The van der Waals surface area contributed by atoms with E-state index >= 15 is 0 Å². The molecule has 5 nitrogen and oxygen atoms in total. The molecule has 0 spiro atoms. The average molecular weight is 475 g/mol. The predicted octanol–water partition coefficient (Wildman–Crippen LogP) is 6.10. The number of hydrogen-bond donors (Lipinski definition) is 0. The minimum absolute atomic E-state index is 0.0691. The molecule has 0 aromatic heterocycles. The van der Waals surface area contributed by atoms with Crippen LogP contribution in [0.4, 0.5) is 0 Å². The van der Waals surface area contributed by atoms with Gasteiger partial charge >= 0.3 is 11.9 Å². The Labute approximate surface area is 207 Å². The quantitative estimate of drug-likeness (QED) is 0.396. The molecule has 3 aliphatic carbocycles. The van der Waals surface area contributed by atoms with Crippen LogP contribution in [-0.2, 0) is 20.7 Å². The molecule has 2 aromatic rings. The van der Waals surface area contributed by atoms with E-state index in [0.29, 0.717) is 23.5 Å². The maximum Gasteiger partial charge on any atom is 0.308 e. The lowest BCUT2D eigenvalue weighted by atomic mass is 9.55. The summed E-state index contributed by atoms with van der Waals surface area (Å²) in [6.45, 7) is 5.29. The van der Waals surface area contributed by atoms with Crippen LogP contribution in [0.2, 0.25) is 0 Å². The molecule has 2 saturated carbocycles. The van der Waals surface area contributed by atoms with Gasteiger partial charge < -0.3 is 14.2 Å². The molecule has 2 fully saturated rings. The van der Waals surface area contributed by atoms with Crippen molar-refractivity contribution in [2.24, 2.45) is 17.3 Å². The number of carbonyl (C=O) groups is 2. The fourth-order valence-electron chi connectivity index (χ4n) is 7.06. The van der Waals surface area contributed by atoms with Gasteiger partial charge in [0.05, 0.1) is 7.11 Å². The van der Waals surface area contributed by atoms with Crippen LogP contribution in [-0.4, -0.2) is 25.2 Å². The second-order valence-corrected chi connectivity index (χ2v) is 10.6. The zero-order valence-corrected chi connectivity index (χ0v) is 21.0. The van der Waals surface area contributed by atoms with Gasteiger partial charge in [-0.1, -0.05) is 31.2 Å². The Bertz CT molecular complexity index is 1160. The summed E-state index contributed by atoms with van der Waals surface area (Å²) >= 11 is 0. The Kier molecular flexibility index (Phi) is 6.20. The van der Waals surface area contributed by atoms with Gasteiger partial charge in [-0.3, -0.25) is 9.59 Å². The Morgan fingerprint density at radius 1 is 1.00 bits per heavy atom. The van der Waals surface area contributed by atoms with Crippen LogP contribution in [0.3, 0.4) is 0 Å². The number of esters is 2. The number of carbonyl (C=O) groups excluding carboxylic acids is 2. The number of ether oxygens (including phenoxy) is 3. The van der Waals surface area contributed by atoms with Gasteiger partial charge in [0, 0.05) is 19.3 Å². The molecule has 35 heavy (non-hydrogen) atoms. The van der Waals surface area contributed by atoms with Crippen molar-refractivity contribution in [1.82, 2.24) is 0 Å². The molecule has 0 N–H and O–H groups in total. The predicted molar refractivity (Wildman–Crippen MR) is 134 cm³/mol. The number of benzene rings is 2.